The van der Waals surface area contributed by atoms with Gasteiger partial charge in [-0.25, -0.2) is 4.99 Å². The highest BCUT2D eigenvalue weighted by Crippen LogP contribution is 2.30. The Labute approximate surface area is 180 Å². The van der Waals surface area contributed by atoms with Gasteiger partial charge in [-0.15, -0.1) is 0 Å². The van der Waals surface area contributed by atoms with Crippen LogP contribution in [-0.4, -0.2) is 39.8 Å². The highest BCUT2D eigenvalue weighted by atomic mass is 32.2. The maximum atomic E-state index is 13.0. The molecule has 0 radical (unpaired) electrons. The summed E-state index contributed by atoms with van der Waals surface area (Å²) in [6.45, 7) is 9.50. The van der Waals surface area contributed by atoms with Crippen LogP contribution in [0.3, 0.4) is 0 Å². The van der Waals surface area contributed by atoms with Gasteiger partial charge in [0.15, 0.2) is 5.79 Å². The molecular formula is C23H28N2O4S. The summed E-state index contributed by atoms with van der Waals surface area (Å²) >= 11 is 0. The third kappa shape index (κ3) is 4.63. The summed E-state index contributed by atoms with van der Waals surface area (Å²) in [6.07, 6.45) is 2.42. The van der Waals surface area contributed by atoms with E-state index in [4.69, 9.17) is 14.2 Å². The summed E-state index contributed by atoms with van der Waals surface area (Å²) in [5.41, 5.74) is 4.71. The Morgan fingerprint density at radius 1 is 1.20 bits per heavy atom. The van der Waals surface area contributed by atoms with Crippen molar-refractivity contribution < 1.29 is 18.4 Å². The van der Waals surface area contributed by atoms with E-state index in [1.165, 1.54) is 0 Å². The molecule has 0 spiro atoms. The third-order valence-corrected chi connectivity index (χ3v) is 6.75. The number of hydrogen-bond donors (Lipinski definition) is 0. The largest absolute Gasteiger partial charge is 0.492 e. The number of ether oxygens (including phenoxy) is 3. The molecule has 1 aromatic heterocycles. The molecule has 1 aromatic carbocycles. The molecule has 0 N–H and O–H groups in total. The van der Waals surface area contributed by atoms with Gasteiger partial charge in [0, 0.05) is 29.7 Å². The minimum atomic E-state index is -1.22. The SMILES string of the molecule is Cc1cnc(C[S@](=O)C2=Nc3ccccc3C2)c(C)c1OCC1COC(C)(C)OC1. The summed E-state index contributed by atoms with van der Waals surface area (Å²) in [4.78, 5) is 9.09. The van der Waals surface area contributed by atoms with E-state index in [0.29, 0.717) is 37.0 Å². The van der Waals surface area contributed by atoms with Crippen molar-refractivity contribution in [2.24, 2.45) is 10.9 Å². The number of pyridine rings is 1. The second kappa shape index (κ2) is 8.57. The Hall–Kier alpha value is -2.09. The van der Waals surface area contributed by atoms with Gasteiger partial charge >= 0.3 is 0 Å². The van der Waals surface area contributed by atoms with Crippen LogP contribution >= 0.6 is 0 Å². The fourth-order valence-electron chi connectivity index (χ4n) is 3.59. The van der Waals surface area contributed by atoms with Gasteiger partial charge in [0.1, 0.15) is 10.8 Å². The normalized spacial score (nSPS) is 19.3. The van der Waals surface area contributed by atoms with E-state index in [0.717, 1.165) is 33.8 Å². The van der Waals surface area contributed by atoms with Crippen LogP contribution in [-0.2, 0) is 32.4 Å². The summed E-state index contributed by atoms with van der Waals surface area (Å²) in [7, 11) is -1.22. The molecule has 0 unspecified atom stereocenters. The van der Waals surface area contributed by atoms with Crippen molar-refractivity contribution in [3.05, 3.63) is 52.8 Å². The van der Waals surface area contributed by atoms with Crippen LogP contribution in [0.4, 0.5) is 5.69 Å². The first-order chi connectivity index (χ1) is 14.3. The Kier molecular flexibility index (Phi) is 6.04. The number of nitrogens with zero attached hydrogens (tertiary/aromatic N) is 2. The van der Waals surface area contributed by atoms with Crippen molar-refractivity contribution in [2.45, 2.75) is 45.7 Å². The Morgan fingerprint density at radius 3 is 2.67 bits per heavy atom. The number of benzene rings is 1. The van der Waals surface area contributed by atoms with Crippen LogP contribution in [0.25, 0.3) is 0 Å². The van der Waals surface area contributed by atoms with Gasteiger partial charge < -0.3 is 14.2 Å². The van der Waals surface area contributed by atoms with Gasteiger partial charge in [0.2, 0.25) is 0 Å². The van der Waals surface area contributed by atoms with Crippen LogP contribution in [0.1, 0.15) is 36.2 Å². The first kappa shape index (κ1) is 21.2. The van der Waals surface area contributed by atoms with Crippen molar-refractivity contribution >= 4 is 21.5 Å². The third-order valence-electron chi connectivity index (χ3n) is 5.45. The molecule has 0 saturated carbocycles. The molecule has 0 bridgehead atoms. The minimum Gasteiger partial charge on any atom is -0.492 e. The van der Waals surface area contributed by atoms with Crippen LogP contribution < -0.4 is 4.74 Å². The minimum absolute atomic E-state index is 0.175. The molecule has 1 atom stereocenters. The number of hydrogen-bond acceptors (Lipinski definition) is 6. The molecule has 7 heteroatoms. The molecule has 0 aliphatic carbocycles. The van der Waals surface area contributed by atoms with Crippen LogP contribution in [0.5, 0.6) is 5.75 Å². The summed E-state index contributed by atoms with van der Waals surface area (Å²) in [6, 6.07) is 7.93. The average Bonchev–Trinajstić information content (AvgIpc) is 3.15. The van der Waals surface area contributed by atoms with Gasteiger partial charge in [-0.3, -0.25) is 9.19 Å². The van der Waals surface area contributed by atoms with Gasteiger partial charge in [0.05, 0.1) is 47.8 Å². The summed E-state index contributed by atoms with van der Waals surface area (Å²) in [5, 5.41) is 0.708. The molecule has 2 aliphatic rings. The first-order valence-electron chi connectivity index (χ1n) is 10.2. The molecule has 0 amide bonds. The van der Waals surface area contributed by atoms with Crippen molar-refractivity contribution in [3.63, 3.8) is 0 Å². The van der Waals surface area contributed by atoms with E-state index in [2.05, 4.69) is 9.98 Å². The van der Waals surface area contributed by atoms with Crippen molar-refractivity contribution in [3.8, 4) is 5.75 Å². The maximum absolute atomic E-state index is 13.0. The maximum Gasteiger partial charge on any atom is 0.162 e. The van der Waals surface area contributed by atoms with Gasteiger partial charge in [-0.05, 0) is 39.3 Å². The zero-order chi connectivity index (χ0) is 21.3. The van der Waals surface area contributed by atoms with Gasteiger partial charge in [0.25, 0.3) is 0 Å². The first-order valence-corrected chi connectivity index (χ1v) is 11.5. The molecule has 6 nitrogen and oxygen atoms in total. The number of aryl methyl sites for hydroxylation is 1. The molecule has 160 valence electrons. The lowest BCUT2D eigenvalue weighted by Gasteiger charge is -2.34. The molecule has 3 heterocycles. The number of rotatable bonds is 5. The lowest BCUT2D eigenvalue weighted by atomic mass is 10.1. The summed E-state index contributed by atoms with van der Waals surface area (Å²) < 4.78 is 30.5. The Bertz CT molecular complexity index is 993. The fourth-order valence-corrected chi connectivity index (χ4v) is 4.82. The number of aromatic nitrogens is 1. The monoisotopic (exact) mass is 428 g/mol. The van der Waals surface area contributed by atoms with Gasteiger partial charge in [-0.2, -0.15) is 0 Å². The van der Waals surface area contributed by atoms with Crippen LogP contribution in [0.2, 0.25) is 0 Å². The van der Waals surface area contributed by atoms with Gasteiger partial charge in [-0.1, -0.05) is 18.2 Å². The molecule has 2 aliphatic heterocycles. The zero-order valence-corrected chi connectivity index (χ0v) is 18.8. The van der Waals surface area contributed by atoms with E-state index >= 15 is 0 Å². The van der Waals surface area contributed by atoms with E-state index in [9.17, 15) is 4.21 Å². The lowest BCUT2D eigenvalue weighted by molar-refractivity contribution is -0.264. The van der Waals surface area contributed by atoms with E-state index in [1.807, 2.05) is 52.0 Å². The van der Waals surface area contributed by atoms with Crippen LogP contribution in [0.15, 0.2) is 35.5 Å². The molecule has 2 aromatic rings. The second-order valence-corrected chi connectivity index (χ2v) is 9.79. The number of fused-ring (bicyclic) bond motifs is 1. The highest BCUT2D eigenvalue weighted by Gasteiger charge is 2.29. The topological polar surface area (TPSA) is 70.0 Å². The molecular weight excluding hydrogens is 400 g/mol. The number of aliphatic imine (C=N–C) groups is 1. The second-order valence-electron chi connectivity index (χ2n) is 8.34. The molecule has 30 heavy (non-hydrogen) atoms. The van der Waals surface area contributed by atoms with Crippen molar-refractivity contribution in [1.82, 2.24) is 4.98 Å². The Morgan fingerprint density at radius 2 is 1.93 bits per heavy atom. The van der Waals surface area contributed by atoms with E-state index in [1.54, 1.807) is 6.20 Å². The lowest BCUT2D eigenvalue weighted by Crippen LogP contribution is -2.41. The predicted molar refractivity (Wildman–Crippen MR) is 118 cm³/mol. The molecule has 1 fully saturated rings. The summed E-state index contributed by atoms with van der Waals surface area (Å²) in [5.74, 6) is 0.783. The van der Waals surface area contributed by atoms with Crippen LogP contribution in [0, 0.1) is 19.8 Å². The van der Waals surface area contributed by atoms with Crippen molar-refractivity contribution in [2.75, 3.05) is 19.8 Å². The smallest absolute Gasteiger partial charge is 0.162 e. The standard InChI is InChI=1S/C23H28N2O4S/c1-15-10-24-20(14-30(26)21-9-18-7-5-6-8-19(18)25-21)16(2)22(15)27-11-17-12-28-23(3,4)29-13-17/h5-8,10,17H,9,11-14H2,1-4H3/t30-/m0/s1. The van der Waals surface area contributed by atoms with E-state index < -0.39 is 16.6 Å². The fraction of sp³-hybridized carbons (Fsp3) is 0.478. The molecule has 4 rings (SSSR count). The van der Waals surface area contributed by atoms with Crippen molar-refractivity contribution in [1.29, 1.82) is 0 Å². The number of para-hydroxylation sites is 1. The predicted octanol–water partition coefficient (Wildman–Crippen LogP) is 4.01. The quantitative estimate of drug-likeness (QED) is 0.720. The highest BCUT2D eigenvalue weighted by molar-refractivity contribution is 8.00. The Balaban J connectivity index is 1.42. The van der Waals surface area contributed by atoms with E-state index in [-0.39, 0.29) is 5.92 Å². The molecule has 1 saturated heterocycles. The zero-order valence-electron chi connectivity index (χ0n) is 17.9. The average molecular weight is 429 g/mol.